The van der Waals surface area contributed by atoms with E-state index in [1.807, 2.05) is 6.92 Å². The molecule has 21 heavy (non-hydrogen) atoms. The van der Waals surface area contributed by atoms with Gasteiger partial charge in [0, 0.05) is 0 Å². The van der Waals surface area contributed by atoms with E-state index < -0.39 is 16.0 Å². The maximum atomic E-state index is 10.8. The van der Waals surface area contributed by atoms with E-state index in [-0.39, 0.29) is 0 Å². The summed E-state index contributed by atoms with van der Waals surface area (Å²) in [5.41, 5.74) is -0.770. The zero-order chi connectivity index (χ0) is 16.2. The molecule has 0 radical (unpaired) electrons. The molecule has 0 heterocycles. The summed E-state index contributed by atoms with van der Waals surface area (Å²) in [5, 5.41) is 0. The maximum absolute atomic E-state index is 10.8. The van der Waals surface area contributed by atoms with Crippen LogP contribution in [0.5, 0.6) is 0 Å². The van der Waals surface area contributed by atoms with Gasteiger partial charge in [-0.3, -0.25) is 4.55 Å². The van der Waals surface area contributed by atoms with Crippen molar-refractivity contribution in [3.8, 4) is 0 Å². The van der Waals surface area contributed by atoms with E-state index >= 15 is 0 Å². The van der Waals surface area contributed by atoms with E-state index in [1.165, 1.54) is 51.4 Å². The molecule has 0 rings (SSSR count). The fourth-order valence-electron chi connectivity index (χ4n) is 2.52. The molecule has 1 unspecified atom stereocenters. The van der Waals surface area contributed by atoms with E-state index in [4.69, 9.17) is 8.74 Å². The number of rotatable bonds is 14. The van der Waals surface area contributed by atoms with Crippen LogP contribution >= 0.6 is 0 Å². The van der Waals surface area contributed by atoms with Crippen molar-refractivity contribution in [2.24, 2.45) is 0 Å². The van der Waals surface area contributed by atoms with Crippen LogP contribution in [0.1, 0.15) is 97.8 Å². The van der Waals surface area contributed by atoms with Gasteiger partial charge in [-0.05, 0) is 19.8 Å². The minimum absolute atomic E-state index is 0.574. The summed E-state index contributed by atoms with van der Waals surface area (Å²) in [6.07, 6.45) is 13.7. The van der Waals surface area contributed by atoms with Crippen molar-refractivity contribution in [3.63, 3.8) is 0 Å². The Kier molecular flexibility index (Phi) is 11.4. The molecule has 1 atom stereocenters. The lowest BCUT2D eigenvalue weighted by molar-refractivity contribution is 0.0651. The first-order chi connectivity index (χ1) is 9.83. The average Bonchev–Trinajstić information content (AvgIpc) is 2.39. The van der Waals surface area contributed by atoms with Crippen LogP contribution in [0.2, 0.25) is 0 Å². The predicted molar refractivity (Wildman–Crippen MR) is 87.8 cm³/mol. The van der Waals surface area contributed by atoms with Gasteiger partial charge >= 0.3 is 10.4 Å². The highest BCUT2D eigenvalue weighted by Gasteiger charge is 2.28. The molecule has 5 heteroatoms. The Labute approximate surface area is 131 Å². The molecular formula is C16H34O4S. The standard InChI is InChI=1S/C16H34O4S/c1-4-6-7-8-9-10-11-12-13-14-15-16(3,5-2)20-21(17,18)19/h4-15H2,1-3H3,(H,17,18,19). The van der Waals surface area contributed by atoms with Gasteiger partial charge in [0.2, 0.25) is 0 Å². The van der Waals surface area contributed by atoms with Crippen LogP contribution in [-0.4, -0.2) is 18.6 Å². The molecular weight excluding hydrogens is 288 g/mol. The van der Waals surface area contributed by atoms with Gasteiger partial charge < -0.3 is 0 Å². The highest BCUT2D eigenvalue weighted by atomic mass is 32.3. The lowest BCUT2D eigenvalue weighted by atomic mass is 9.95. The molecule has 1 N–H and O–H groups in total. The van der Waals surface area contributed by atoms with Crippen LogP contribution in [-0.2, 0) is 14.6 Å². The third-order valence-electron chi connectivity index (χ3n) is 4.11. The molecule has 0 saturated carbocycles. The van der Waals surface area contributed by atoms with Crippen molar-refractivity contribution in [3.05, 3.63) is 0 Å². The Bertz CT molecular complexity index is 340. The Morgan fingerprint density at radius 1 is 0.857 bits per heavy atom. The van der Waals surface area contributed by atoms with E-state index in [0.717, 1.165) is 12.8 Å². The number of unbranched alkanes of at least 4 members (excludes halogenated alkanes) is 9. The summed E-state index contributed by atoms with van der Waals surface area (Å²) in [5.74, 6) is 0. The first kappa shape index (κ1) is 20.9. The normalized spacial score (nSPS) is 15.0. The molecule has 0 aromatic rings. The third-order valence-corrected chi connectivity index (χ3v) is 4.73. The van der Waals surface area contributed by atoms with Crippen LogP contribution in [0, 0.1) is 0 Å². The van der Waals surface area contributed by atoms with Crippen molar-refractivity contribution in [1.29, 1.82) is 0 Å². The van der Waals surface area contributed by atoms with Crippen LogP contribution in [0.15, 0.2) is 0 Å². The lowest BCUT2D eigenvalue weighted by Gasteiger charge is -2.26. The van der Waals surface area contributed by atoms with Gasteiger partial charge in [0.25, 0.3) is 0 Å². The van der Waals surface area contributed by atoms with Crippen molar-refractivity contribution in [1.82, 2.24) is 0 Å². The molecule has 0 aliphatic heterocycles. The van der Waals surface area contributed by atoms with Crippen molar-refractivity contribution < 1.29 is 17.2 Å². The van der Waals surface area contributed by atoms with Crippen LogP contribution in [0.25, 0.3) is 0 Å². The lowest BCUT2D eigenvalue weighted by Crippen LogP contribution is -2.30. The van der Waals surface area contributed by atoms with Crippen molar-refractivity contribution >= 4 is 10.4 Å². The Hall–Kier alpha value is -0.130. The van der Waals surface area contributed by atoms with Gasteiger partial charge in [0.15, 0.2) is 0 Å². The van der Waals surface area contributed by atoms with Gasteiger partial charge in [0.05, 0.1) is 5.60 Å². The highest BCUT2D eigenvalue weighted by molar-refractivity contribution is 7.80. The molecule has 0 bridgehead atoms. The summed E-state index contributed by atoms with van der Waals surface area (Å²) >= 11 is 0. The minimum Gasteiger partial charge on any atom is -0.264 e. The van der Waals surface area contributed by atoms with Gasteiger partial charge in [-0.1, -0.05) is 78.1 Å². The molecule has 0 amide bonds. The fraction of sp³-hybridized carbons (Fsp3) is 1.00. The maximum Gasteiger partial charge on any atom is 0.397 e. The SMILES string of the molecule is CCCCCCCCCCCCC(C)(CC)OS(=O)(=O)O. The van der Waals surface area contributed by atoms with Gasteiger partial charge in [-0.25, -0.2) is 4.18 Å². The first-order valence-electron chi connectivity index (χ1n) is 8.51. The molecule has 128 valence electrons. The quantitative estimate of drug-likeness (QED) is 0.349. The Balaban J connectivity index is 3.60. The summed E-state index contributed by atoms with van der Waals surface area (Å²) in [4.78, 5) is 0. The van der Waals surface area contributed by atoms with E-state index in [1.54, 1.807) is 6.92 Å². The second-order valence-corrected chi connectivity index (χ2v) is 7.27. The smallest absolute Gasteiger partial charge is 0.264 e. The van der Waals surface area contributed by atoms with E-state index in [9.17, 15) is 8.42 Å². The van der Waals surface area contributed by atoms with Gasteiger partial charge in [-0.15, -0.1) is 0 Å². The van der Waals surface area contributed by atoms with Crippen LogP contribution in [0.3, 0.4) is 0 Å². The highest BCUT2D eigenvalue weighted by Crippen LogP contribution is 2.25. The fourth-order valence-corrected chi connectivity index (χ4v) is 3.23. The Morgan fingerprint density at radius 2 is 1.29 bits per heavy atom. The van der Waals surface area contributed by atoms with Crippen LogP contribution < -0.4 is 0 Å². The average molecular weight is 323 g/mol. The largest absolute Gasteiger partial charge is 0.397 e. The molecule has 0 saturated heterocycles. The second kappa shape index (κ2) is 11.4. The molecule has 0 aliphatic rings. The molecule has 0 aliphatic carbocycles. The molecule has 0 fully saturated rings. The third kappa shape index (κ3) is 13.3. The number of hydrogen-bond acceptors (Lipinski definition) is 3. The summed E-state index contributed by atoms with van der Waals surface area (Å²) in [7, 11) is -4.36. The molecule has 0 aromatic heterocycles. The molecule has 4 nitrogen and oxygen atoms in total. The van der Waals surface area contributed by atoms with Gasteiger partial charge in [-0.2, -0.15) is 8.42 Å². The zero-order valence-electron chi connectivity index (χ0n) is 14.1. The zero-order valence-corrected chi connectivity index (χ0v) is 14.9. The van der Waals surface area contributed by atoms with Gasteiger partial charge in [0.1, 0.15) is 0 Å². The summed E-state index contributed by atoms with van der Waals surface area (Å²) in [6, 6.07) is 0. The topological polar surface area (TPSA) is 63.6 Å². The van der Waals surface area contributed by atoms with Crippen molar-refractivity contribution in [2.75, 3.05) is 0 Å². The Morgan fingerprint density at radius 3 is 1.67 bits per heavy atom. The van der Waals surface area contributed by atoms with Crippen molar-refractivity contribution in [2.45, 2.75) is 103 Å². The van der Waals surface area contributed by atoms with E-state index in [0.29, 0.717) is 12.8 Å². The summed E-state index contributed by atoms with van der Waals surface area (Å²) in [6.45, 7) is 5.85. The molecule has 0 aromatic carbocycles. The van der Waals surface area contributed by atoms with E-state index in [2.05, 4.69) is 6.92 Å². The molecule has 0 spiro atoms. The first-order valence-corrected chi connectivity index (χ1v) is 9.87. The predicted octanol–water partition coefficient (Wildman–Crippen LogP) is 5.29. The minimum atomic E-state index is -4.36. The summed E-state index contributed by atoms with van der Waals surface area (Å²) < 4.78 is 35.2. The number of hydrogen-bond donors (Lipinski definition) is 1. The monoisotopic (exact) mass is 322 g/mol. The second-order valence-electron chi connectivity index (χ2n) is 6.25. The van der Waals surface area contributed by atoms with Crippen LogP contribution in [0.4, 0.5) is 0 Å².